The predicted molar refractivity (Wildman–Crippen MR) is 81.5 cm³/mol. The van der Waals surface area contributed by atoms with Crippen molar-refractivity contribution in [3.63, 3.8) is 0 Å². The van der Waals surface area contributed by atoms with Crippen molar-refractivity contribution in [2.45, 2.75) is 26.1 Å². The van der Waals surface area contributed by atoms with Crippen LogP contribution in [-0.2, 0) is 19.1 Å². The van der Waals surface area contributed by atoms with Crippen molar-refractivity contribution in [3.05, 3.63) is 40.4 Å². The van der Waals surface area contributed by atoms with Crippen LogP contribution < -0.4 is 5.32 Å². The molecule has 0 saturated carbocycles. The molecule has 0 bridgehead atoms. The monoisotopic (exact) mass is 327 g/mol. The zero-order valence-electron chi connectivity index (χ0n) is 12.1. The molecule has 1 aromatic carbocycles. The van der Waals surface area contributed by atoms with Crippen LogP contribution >= 0.6 is 11.3 Å². The van der Waals surface area contributed by atoms with E-state index in [1.807, 2.05) is 12.1 Å². The third-order valence-electron chi connectivity index (χ3n) is 3.83. The molecule has 7 heteroatoms. The number of anilines is 2. The Balaban J connectivity index is 1.83. The first-order chi connectivity index (χ1) is 10.5. The highest BCUT2D eigenvalue weighted by atomic mass is 32.1. The molecule has 3 rings (SSSR count). The minimum absolute atomic E-state index is 0.277. The summed E-state index contributed by atoms with van der Waals surface area (Å²) in [5.74, 6) is 0. The quantitative estimate of drug-likeness (QED) is 0.912. The summed E-state index contributed by atoms with van der Waals surface area (Å²) in [4.78, 5) is 5.97. The van der Waals surface area contributed by atoms with E-state index in [-0.39, 0.29) is 5.13 Å². The Hall–Kier alpha value is -1.60. The number of aromatic nitrogens is 1. The van der Waals surface area contributed by atoms with Gasteiger partial charge in [0.2, 0.25) is 0 Å². The Kier molecular flexibility index (Phi) is 4.10. The highest BCUT2D eigenvalue weighted by Gasteiger charge is 2.33. The van der Waals surface area contributed by atoms with E-state index in [1.54, 1.807) is 0 Å². The Morgan fingerprint density at radius 3 is 2.86 bits per heavy atom. The summed E-state index contributed by atoms with van der Waals surface area (Å²) in [5, 5.41) is 4.36. The molecule has 2 heterocycles. The molecular formula is C15H16F3N3S. The molecule has 0 radical (unpaired) electrons. The van der Waals surface area contributed by atoms with Crippen LogP contribution in [0.2, 0.25) is 0 Å². The van der Waals surface area contributed by atoms with E-state index in [2.05, 4.69) is 28.2 Å². The molecule has 0 fully saturated rings. The van der Waals surface area contributed by atoms with Crippen LogP contribution in [0.15, 0.2) is 23.6 Å². The normalized spacial score (nSPS) is 15.6. The van der Waals surface area contributed by atoms with Gasteiger partial charge in [-0.3, -0.25) is 4.90 Å². The molecule has 118 valence electrons. The standard InChI is InChI=1S/C15H16F3N3S/c1-2-21-7-6-11-10(8-21)4-3-5-12(11)19-14-20-13(9-22-14)15(16,17)18/h3-5,9H,2,6-8H2,1H3,(H,19,20). The fraction of sp³-hybridized carbons (Fsp3) is 0.400. The van der Waals surface area contributed by atoms with E-state index < -0.39 is 11.9 Å². The summed E-state index contributed by atoms with van der Waals surface area (Å²) in [5.41, 5.74) is 2.42. The van der Waals surface area contributed by atoms with Gasteiger partial charge in [0, 0.05) is 24.2 Å². The third kappa shape index (κ3) is 3.10. The molecule has 0 amide bonds. The number of alkyl halides is 3. The maximum atomic E-state index is 12.6. The fourth-order valence-electron chi connectivity index (χ4n) is 2.63. The molecular weight excluding hydrogens is 311 g/mol. The maximum Gasteiger partial charge on any atom is 0.434 e. The summed E-state index contributed by atoms with van der Waals surface area (Å²) in [6.07, 6.45) is -3.50. The summed E-state index contributed by atoms with van der Waals surface area (Å²) in [6, 6.07) is 5.90. The molecule has 0 unspecified atom stereocenters. The van der Waals surface area contributed by atoms with Crippen LogP contribution in [0, 0.1) is 0 Å². The molecule has 1 aliphatic rings. The zero-order valence-corrected chi connectivity index (χ0v) is 12.9. The Morgan fingerprint density at radius 1 is 1.36 bits per heavy atom. The second-order valence-corrected chi connectivity index (χ2v) is 6.08. The fourth-order valence-corrected chi connectivity index (χ4v) is 3.36. The van der Waals surface area contributed by atoms with Gasteiger partial charge in [0.1, 0.15) is 0 Å². The molecule has 2 aromatic rings. The number of fused-ring (bicyclic) bond motifs is 1. The van der Waals surface area contributed by atoms with E-state index in [0.29, 0.717) is 0 Å². The number of halogens is 3. The Morgan fingerprint density at radius 2 is 2.18 bits per heavy atom. The smallest absolute Gasteiger partial charge is 0.331 e. The van der Waals surface area contributed by atoms with Crippen LogP contribution in [0.4, 0.5) is 24.0 Å². The van der Waals surface area contributed by atoms with Crippen molar-refractivity contribution < 1.29 is 13.2 Å². The average Bonchev–Trinajstić information content (AvgIpc) is 2.96. The highest BCUT2D eigenvalue weighted by molar-refractivity contribution is 7.13. The van der Waals surface area contributed by atoms with E-state index in [9.17, 15) is 13.2 Å². The van der Waals surface area contributed by atoms with Gasteiger partial charge in [-0.25, -0.2) is 4.98 Å². The average molecular weight is 327 g/mol. The Labute approximate surface area is 130 Å². The molecule has 1 N–H and O–H groups in total. The van der Waals surface area contributed by atoms with Gasteiger partial charge in [-0.05, 0) is 30.2 Å². The van der Waals surface area contributed by atoms with Gasteiger partial charge in [0.05, 0.1) is 0 Å². The lowest BCUT2D eigenvalue weighted by Gasteiger charge is -2.29. The minimum Gasteiger partial charge on any atom is -0.331 e. The molecule has 3 nitrogen and oxygen atoms in total. The number of rotatable bonds is 3. The van der Waals surface area contributed by atoms with E-state index in [4.69, 9.17) is 0 Å². The molecule has 0 spiro atoms. The summed E-state index contributed by atoms with van der Waals surface area (Å²) < 4.78 is 37.8. The zero-order chi connectivity index (χ0) is 15.7. The van der Waals surface area contributed by atoms with Crippen molar-refractivity contribution in [2.24, 2.45) is 0 Å². The number of hydrogen-bond acceptors (Lipinski definition) is 4. The first-order valence-corrected chi connectivity index (χ1v) is 7.98. The van der Waals surface area contributed by atoms with Gasteiger partial charge >= 0.3 is 6.18 Å². The molecule has 0 aliphatic carbocycles. The largest absolute Gasteiger partial charge is 0.434 e. The van der Waals surface area contributed by atoms with E-state index in [1.165, 1.54) is 11.1 Å². The number of nitrogens with zero attached hydrogens (tertiary/aromatic N) is 2. The molecule has 22 heavy (non-hydrogen) atoms. The third-order valence-corrected chi connectivity index (χ3v) is 4.59. The maximum absolute atomic E-state index is 12.6. The molecule has 0 atom stereocenters. The van der Waals surface area contributed by atoms with Crippen molar-refractivity contribution in [2.75, 3.05) is 18.4 Å². The van der Waals surface area contributed by atoms with Crippen LogP contribution in [0.1, 0.15) is 23.7 Å². The lowest BCUT2D eigenvalue weighted by Crippen LogP contribution is -2.30. The summed E-state index contributed by atoms with van der Waals surface area (Å²) in [6.45, 7) is 4.97. The lowest BCUT2D eigenvalue weighted by molar-refractivity contribution is -0.140. The van der Waals surface area contributed by atoms with Crippen LogP contribution in [0.5, 0.6) is 0 Å². The van der Waals surface area contributed by atoms with Gasteiger partial charge < -0.3 is 5.32 Å². The van der Waals surface area contributed by atoms with Crippen molar-refractivity contribution in [3.8, 4) is 0 Å². The number of hydrogen-bond donors (Lipinski definition) is 1. The van der Waals surface area contributed by atoms with Gasteiger partial charge in [-0.1, -0.05) is 19.1 Å². The van der Waals surface area contributed by atoms with Crippen molar-refractivity contribution in [1.29, 1.82) is 0 Å². The van der Waals surface area contributed by atoms with Crippen LogP contribution in [-0.4, -0.2) is 23.0 Å². The van der Waals surface area contributed by atoms with E-state index >= 15 is 0 Å². The van der Waals surface area contributed by atoms with Crippen LogP contribution in [0.25, 0.3) is 0 Å². The van der Waals surface area contributed by atoms with Crippen molar-refractivity contribution >= 4 is 22.2 Å². The SMILES string of the molecule is CCN1CCc2c(cccc2Nc2nc(C(F)(F)F)cs2)C1. The lowest BCUT2D eigenvalue weighted by atomic mass is 9.98. The Bertz CT molecular complexity index is 666. The van der Waals surface area contributed by atoms with E-state index in [0.717, 1.165) is 48.5 Å². The second-order valence-electron chi connectivity index (χ2n) is 5.22. The number of likely N-dealkylation sites (N-methyl/N-ethyl adjacent to an activating group) is 1. The molecule has 1 aromatic heterocycles. The minimum atomic E-state index is -4.39. The van der Waals surface area contributed by atoms with Gasteiger partial charge in [0.25, 0.3) is 0 Å². The first kappa shape index (κ1) is 15.3. The van der Waals surface area contributed by atoms with Gasteiger partial charge in [-0.2, -0.15) is 13.2 Å². The molecule has 1 aliphatic heterocycles. The molecule has 0 saturated heterocycles. The highest BCUT2D eigenvalue weighted by Crippen LogP contribution is 2.34. The summed E-state index contributed by atoms with van der Waals surface area (Å²) >= 11 is 0.974. The van der Waals surface area contributed by atoms with Gasteiger partial charge in [0.15, 0.2) is 10.8 Å². The first-order valence-electron chi connectivity index (χ1n) is 7.10. The summed E-state index contributed by atoms with van der Waals surface area (Å²) in [7, 11) is 0. The topological polar surface area (TPSA) is 28.2 Å². The van der Waals surface area contributed by atoms with Crippen molar-refractivity contribution in [1.82, 2.24) is 9.88 Å². The number of nitrogens with one attached hydrogen (secondary N) is 1. The van der Waals surface area contributed by atoms with Crippen LogP contribution in [0.3, 0.4) is 0 Å². The predicted octanol–water partition coefficient (Wildman–Crippen LogP) is 4.28. The second kappa shape index (κ2) is 5.89. The number of thiazole rings is 1. The number of benzene rings is 1. The van der Waals surface area contributed by atoms with Gasteiger partial charge in [-0.15, -0.1) is 11.3 Å².